The highest BCUT2D eigenvalue weighted by Gasteiger charge is 2.29. The Morgan fingerprint density at radius 1 is 0.553 bits per heavy atom. The van der Waals surface area contributed by atoms with Crippen molar-refractivity contribution in [2.24, 2.45) is 20.5 Å². The molecule has 0 saturated carbocycles. The number of nitrogens with zero attached hydrogens (tertiary/aromatic N) is 14. The van der Waals surface area contributed by atoms with Crippen LogP contribution in [0.4, 0.5) is 85.2 Å². The van der Waals surface area contributed by atoms with Crippen LogP contribution in [0.15, 0.2) is 114 Å². The number of carbonyl (C=O) groups is 4. The molecule has 8 N–H and O–H groups in total. The monoisotopic (exact) mass is 1490 g/mol. The molecule has 103 heavy (non-hydrogen) atoms. The molecule has 9 rings (SSSR count). The summed E-state index contributed by atoms with van der Waals surface area (Å²) in [5, 5.41) is 51.1. The first kappa shape index (κ1) is 77.1. The standard InChI is InChI=1S/C65H78N18O16S4/c1-9-79(10-2)49-35-45(47(37-51(49)96-7)75-77-64-70-57(81-23-29-98-30-24-81)53(100-64)33-41(39(5)86)59(88)66-43-17-13-15-19-55(43)102(90,91)92)68-61-72-62(74-63(73-61)83(21-27-84)22-28-85)69-46-36-50(80(11-3)12-4)52(97-8)38-48(46)76-78-65-71-58(82-25-31-99-32-26-82)54(101-65)34-42(40(6)87)60(89)67-44-18-14-16-20-56(44)103(93,94)95/h13-20,33-38,84-85H,9-12,21-32H2,1-8H3,(H,66,88)(H,67,89)(H,90,91,92)(H,93,94,95)(H2,68,69,72,73,74)/b41-33+,42-34?,77-75+,78-76+. The highest BCUT2D eigenvalue weighted by molar-refractivity contribution is 7.86. The molecule has 2 saturated heterocycles. The number of hydrogen-bond donors (Lipinski definition) is 8. The summed E-state index contributed by atoms with van der Waals surface area (Å²) in [7, 11) is -6.55. The fraction of sp³-hybridized carbons (Fsp3) is 0.369. The number of hydrogen-bond acceptors (Lipinski definition) is 32. The maximum absolute atomic E-state index is 13.9. The Balaban J connectivity index is 1.14. The molecule has 3 aromatic heterocycles. The van der Waals surface area contributed by atoms with E-state index in [1.165, 1.54) is 76.6 Å². The summed E-state index contributed by atoms with van der Waals surface area (Å²) in [6.07, 6.45) is 2.65. The Bertz CT molecular complexity index is 4330. The molecule has 38 heteroatoms. The number of Topliss-reactive ketones (excluding diaryl/α,β-unsaturated/α-hetero) is 2. The lowest BCUT2D eigenvalue weighted by molar-refractivity contribution is -0.120. The van der Waals surface area contributed by atoms with Crippen molar-refractivity contribution in [1.82, 2.24) is 24.9 Å². The van der Waals surface area contributed by atoms with Crippen LogP contribution in [0.1, 0.15) is 51.3 Å². The van der Waals surface area contributed by atoms with Crippen molar-refractivity contribution in [2.45, 2.75) is 51.3 Å². The third kappa shape index (κ3) is 19.4. The molecule has 0 aliphatic carbocycles. The number of ketones is 2. The molecule has 5 heterocycles. The van der Waals surface area contributed by atoms with Gasteiger partial charge in [0.25, 0.3) is 32.1 Å². The normalized spacial score (nSPS) is 13.9. The highest BCUT2D eigenvalue weighted by atomic mass is 32.2. The number of thiazole rings is 2. The predicted octanol–water partition coefficient (Wildman–Crippen LogP) is 8.99. The molecule has 548 valence electrons. The first-order valence-corrected chi connectivity index (χ1v) is 36.9. The number of methoxy groups -OCH3 is 2. The minimum Gasteiger partial charge on any atom is -0.494 e. The van der Waals surface area contributed by atoms with Gasteiger partial charge >= 0.3 is 0 Å². The SMILES string of the molecule is CCN(CC)c1cc(Nc2nc(Nc3cc(N(CC)CC)c(OC)cc3/N=N/c3nc(N4CCOCC4)c(/C=C(\C(C)=O)C(=O)Nc4ccccc4S(=O)(=O)O)s3)nc(N(CCO)CCO)n2)c(/N=N/c2nc(N3CCOCC3)c(C=C(C(C)=O)C(=O)Nc3ccccc3S(=O)(=O)O)s2)cc1OC. The number of aliphatic hydroxyl groups excluding tert-OH is 2. The van der Waals surface area contributed by atoms with Crippen LogP contribution < -0.4 is 55.2 Å². The van der Waals surface area contributed by atoms with Crippen LogP contribution in [0.2, 0.25) is 0 Å². The second-order valence-corrected chi connectivity index (χ2v) is 27.2. The quantitative estimate of drug-likeness (QED) is 0.00625. The molecule has 0 atom stereocenters. The molecule has 0 radical (unpaired) electrons. The molecular weight excluding hydrogens is 1420 g/mol. The first-order chi connectivity index (χ1) is 49.4. The van der Waals surface area contributed by atoms with Gasteiger partial charge in [-0.1, -0.05) is 46.9 Å². The lowest BCUT2D eigenvalue weighted by Gasteiger charge is -2.27. The van der Waals surface area contributed by atoms with Crippen molar-refractivity contribution in [3.8, 4) is 11.5 Å². The van der Waals surface area contributed by atoms with Gasteiger partial charge in [0, 0.05) is 77.6 Å². The molecule has 2 aliphatic heterocycles. The van der Waals surface area contributed by atoms with Gasteiger partial charge in [-0.15, -0.1) is 20.5 Å². The zero-order valence-electron chi connectivity index (χ0n) is 57.5. The number of amides is 2. The third-order valence-electron chi connectivity index (χ3n) is 15.9. The van der Waals surface area contributed by atoms with Crippen LogP contribution in [0.25, 0.3) is 12.2 Å². The number of ether oxygens (including phenoxy) is 4. The van der Waals surface area contributed by atoms with Crippen molar-refractivity contribution < 1.29 is 74.3 Å². The number of nitrogens with one attached hydrogen (secondary N) is 4. The molecular formula is C65H78N18O16S4. The van der Waals surface area contributed by atoms with E-state index >= 15 is 0 Å². The average Bonchev–Trinajstić information content (AvgIpc) is 1.58. The largest absolute Gasteiger partial charge is 0.494 e. The molecule has 2 amide bonds. The second kappa shape index (κ2) is 35.2. The van der Waals surface area contributed by atoms with Gasteiger partial charge in [-0.05, 0) is 90.1 Å². The molecule has 4 aromatic carbocycles. The van der Waals surface area contributed by atoms with Crippen molar-refractivity contribution in [3.63, 3.8) is 0 Å². The Morgan fingerprint density at radius 3 is 1.27 bits per heavy atom. The van der Waals surface area contributed by atoms with Crippen LogP contribution in [-0.2, 0) is 48.9 Å². The van der Waals surface area contributed by atoms with E-state index in [1.807, 2.05) is 47.3 Å². The fourth-order valence-corrected chi connectivity index (χ4v) is 13.8. The maximum Gasteiger partial charge on any atom is 0.296 e. The maximum atomic E-state index is 13.9. The number of benzene rings is 4. The molecule has 2 fully saturated rings. The van der Waals surface area contributed by atoms with E-state index in [0.717, 1.165) is 34.8 Å². The van der Waals surface area contributed by atoms with Crippen LogP contribution >= 0.6 is 22.7 Å². The van der Waals surface area contributed by atoms with Crippen molar-refractivity contribution >= 4 is 164 Å². The van der Waals surface area contributed by atoms with Gasteiger partial charge < -0.3 is 74.9 Å². The lowest BCUT2D eigenvalue weighted by Crippen LogP contribution is -2.36. The van der Waals surface area contributed by atoms with Gasteiger partial charge in [0.1, 0.15) is 44.3 Å². The van der Waals surface area contributed by atoms with E-state index < -0.39 is 53.4 Å². The summed E-state index contributed by atoms with van der Waals surface area (Å²) in [6, 6.07) is 17.2. The van der Waals surface area contributed by atoms with E-state index in [4.69, 9.17) is 54.1 Å². The van der Waals surface area contributed by atoms with Gasteiger partial charge in [0.2, 0.25) is 28.1 Å². The van der Waals surface area contributed by atoms with E-state index in [-0.39, 0.29) is 99.7 Å². The summed E-state index contributed by atoms with van der Waals surface area (Å²) in [5.41, 5.74) is 0.940. The minimum absolute atomic E-state index is 0.00457. The van der Waals surface area contributed by atoms with Gasteiger partial charge in [-0.3, -0.25) is 28.3 Å². The summed E-state index contributed by atoms with van der Waals surface area (Å²) in [6.45, 7) is 14.5. The average molecular weight is 1500 g/mol. The van der Waals surface area contributed by atoms with Gasteiger partial charge in [-0.2, -0.15) is 41.8 Å². The topological polar surface area (TPSA) is 433 Å². The van der Waals surface area contributed by atoms with E-state index in [0.29, 0.717) is 123 Å². The number of azo groups is 2. The highest BCUT2D eigenvalue weighted by Crippen LogP contribution is 2.45. The molecule has 0 bridgehead atoms. The van der Waals surface area contributed by atoms with Gasteiger partial charge in [0.05, 0.1) is 109 Å². The number of aliphatic hydroxyl groups is 2. The van der Waals surface area contributed by atoms with Crippen molar-refractivity contribution in [2.75, 3.05) is 165 Å². The first-order valence-electron chi connectivity index (χ1n) is 32.3. The number of carbonyl (C=O) groups excluding carboxylic acids is 4. The Morgan fingerprint density at radius 2 is 0.932 bits per heavy atom. The number of aromatic nitrogens is 5. The van der Waals surface area contributed by atoms with Gasteiger partial charge in [0.15, 0.2) is 11.6 Å². The Labute approximate surface area is 601 Å². The van der Waals surface area contributed by atoms with Crippen LogP contribution in [0, 0.1) is 0 Å². The number of para-hydroxylation sites is 2. The molecule has 2 aliphatic rings. The summed E-state index contributed by atoms with van der Waals surface area (Å²) in [5.74, 6) is -1.91. The van der Waals surface area contributed by atoms with E-state index in [2.05, 4.69) is 31.5 Å². The van der Waals surface area contributed by atoms with Crippen LogP contribution in [0.3, 0.4) is 0 Å². The minimum atomic E-state index is -4.78. The van der Waals surface area contributed by atoms with Gasteiger partial charge in [-0.25, -0.2) is 0 Å². The predicted molar refractivity (Wildman–Crippen MR) is 392 cm³/mol. The van der Waals surface area contributed by atoms with Crippen molar-refractivity contribution in [3.05, 3.63) is 93.7 Å². The molecule has 0 unspecified atom stereocenters. The fourth-order valence-electron chi connectivity index (χ4n) is 10.8. The number of morpholine rings is 2. The zero-order valence-corrected chi connectivity index (χ0v) is 60.7. The second-order valence-electron chi connectivity index (χ2n) is 22.4. The Kier molecular flexibility index (Phi) is 26.4. The van der Waals surface area contributed by atoms with E-state index in [9.17, 15) is 55.3 Å². The zero-order chi connectivity index (χ0) is 74.1. The van der Waals surface area contributed by atoms with Crippen molar-refractivity contribution in [1.29, 1.82) is 0 Å². The summed E-state index contributed by atoms with van der Waals surface area (Å²) < 4.78 is 92.0. The lowest BCUT2D eigenvalue weighted by atomic mass is 10.1. The third-order valence-corrected chi connectivity index (χ3v) is 19.5. The smallest absolute Gasteiger partial charge is 0.296 e. The number of anilines is 11. The molecule has 0 spiro atoms. The van der Waals surface area contributed by atoms with Crippen LogP contribution in [-0.4, -0.2) is 204 Å². The summed E-state index contributed by atoms with van der Waals surface area (Å²) >= 11 is 1.99. The van der Waals surface area contributed by atoms with Crippen LogP contribution in [0.5, 0.6) is 11.5 Å². The number of rotatable bonds is 33. The van der Waals surface area contributed by atoms with E-state index in [1.54, 1.807) is 29.2 Å². The molecule has 34 nitrogen and oxygen atoms in total. The molecule has 7 aromatic rings. The summed E-state index contributed by atoms with van der Waals surface area (Å²) in [4.78, 5) is 87.5. The Hall–Kier alpha value is -10.0.